The number of pyridine rings is 1. The van der Waals surface area contributed by atoms with Gasteiger partial charge in [0, 0.05) is 12.3 Å². The number of hydrogen-bond acceptors (Lipinski definition) is 6. The average Bonchev–Trinajstić information content (AvgIpc) is 2.92. The van der Waals surface area contributed by atoms with Crippen molar-refractivity contribution < 1.29 is 23.5 Å². The van der Waals surface area contributed by atoms with Crippen molar-refractivity contribution in [2.75, 3.05) is 7.11 Å². The molecule has 0 radical (unpaired) electrons. The lowest BCUT2D eigenvalue weighted by Crippen LogP contribution is -2.01. The van der Waals surface area contributed by atoms with Gasteiger partial charge in [0.2, 0.25) is 0 Å². The third-order valence-corrected chi connectivity index (χ3v) is 2.81. The van der Waals surface area contributed by atoms with E-state index < -0.39 is 11.9 Å². The summed E-state index contributed by atoms with van der Waals surface area (Å²) < 4.78 is 15.0. The fourth-order valence-corrected chi connectivity index (χ4v) is 1.73. The molecule has 0 saturated heterocycles. The van der Waals surface area contributed by atoms with Gasteiger partial charge in [-0.25, -0.2) is 9.59 Å². The Kier molecular flexibility index (Phi) is 5.08. The second-order valence-corrected chi connectivity index (χ2v) is 4.37. The van der Waals surface area contributed by atoms with Gasteiger partial charge in [0.1, 0.15) is 23.7 Å². The van der Waals surface area contributed by atoms with Crippen molar-refractivity contribution in [3.05, 3.63) is 59.3 Å². The Morgan fingerprint density at radius 2 is 2.18 bits per heavy atom. The van der Waals surface area contributed by atoms with Crippen molar-refractivity contribution in [1.82, 2.24) is 4.98 Å². The quantitative estimate of drug-likeness (QED) is 0.623. The smallest absolute Gasteiger partial charge is 0.341 e. The Bertz CT molecular complexity index is 688. The van der Waals surface area contributed by atoms with Crippen molar-refractivity contribution >= 4 is 18.0 Å². The molecule has 2 rings (SSSR count). The summed E-state index contributed by atoms with van der Waals surface area (Å²) in [5, 5.41) is 0. The number of aromatic nitrogens is 1. The zero-order chi connectivity index (χ0) is 15.9. The summed E-state index contributed by atoms with van der Waals surface area (Å²) in [6, 6.07) is 6.86. The standard InChI is InChI=1S/C16H15NO5/c1-11-14(16(19)20-2)9-13(22-11)6-7-15(18)21-10-12-5-3-4-8-17-12/h3-9H,10H2,1-2H3/b7-6+. The van der Waals surface area contributed by atoms with Gasteiger partial charge in [0.25, 0.3) is 0 Å². The first-order chi connectivity index (χ1) is 10.6. The van der Waals surface area contributed by atoms with Gasteiger partial charge in [-0.15, -0.1) is 0 Å². The Labute approximate surface area is 127 Å². The van der Waals surface area contributed by atoms with E-state index >= 15 is 0 Å². The largest absolute Gasteiger partial charge is 0.465 e. The summed E-state index contributed by atoms with van der Waals surface area (Å²) in [7, 11) is 1.29. The molecule has 0 aliphatic heterocycles. The van der Waals surface area contributed by atoms with Gasteiger partial charge >= 0.3 is 11.9 Å². The molecule has 0 aliphatic carbocycles. The summed E-state index contributed by atoms with van der Waals surface area (Å²) >= 11 is 0. The molecule has 114 valence electrons. The average molecular weight is 301 g/mol. The molecule has 0 atom stereocenters. The number of rotatable bonds is 5. The zero-order valence-electron chi connectivity index (χ0n) is 12.2. The molecule has 0 amide bonds. The SMILES string of the molecule is COC(=O)c1cc(/C=C/C(=O)OCc2ccccn2)oc1C. The molecule has 0 saturated carbocycles. The van der Waals surface area contributed by atoms with Crippen LogP contribution in [0.4, 0.5) is 0 Å². The fraction of sp³-hybridized carbons (Fsp3) is 0.188. The minimum atomic E-state index is -0.528. The highest BCUT2D eigenvalue weighted by Crippen LogP contribution is 2.16. The van der Waals surface area contributed by atoms with Crippen molar-refractivity contribution in [3.8, 4) is 0 Å². The minimum Gasteiger partial charge on any atom is -0.465 e. The highest BCUT2D eigenvalue weighted by atomic mass is 16.5. The number of aryl methyl sites for hydroxylation is 1. The predicted molar refractivity (Wildman–Crippen MR) is 77.9 cm³/mol. The molecule has 2 aromatic rings. The first kappa shape index (κ1) is 15.5. The molecule has 6 nitrogen and oxygen atoms in total. The Hall–Kier alpha value is -2.89. The number of carbonyl (C=O) groups is 2. The van der Waals surface area contributed by atoms with Crippen LogP contribution in [0.3, 0.4) is 0 Å². The molecular weight excluding hydrogens is 286 g/mol. The lowest BCUT2D eigenvalue weighted by atomic mass is 10.2. The van der Waals surface area contributed by atoms with Crippen molar-refractivity contribution in [1.29, 1.82) is 0 Å². The van der Waals surface area contributed by atoms with E-state index in [1.807, 2.05) is 6.07 Å². The van der Waals surface area contributed by atoms with Crippen LogP contribution >= 0.6 is 0 Å². The van der Waals surface area contributed by atoms with E-state index in [0.717, 1.165) is 0 Å². The maximum atomic E-state index is 11.6. The monoisotopic (exact) mass is 301 g/mol. The van der Waals surface area contributed by atoms with Crippen LogP contribution in [-0.4, -0.2) is 24.0 Å². The molecule has 0 aliphatic rings. The number of nitrogens with zero attached hydrogens (tertiary/aromatic N) is 1. The summed E-state index contributed by atoms with van der Waals surface area (Å²) in [5.41, 5.74) is 0.982. The third kappa shape index (κ3) is 4.05. The Balaban J connectivity index is 1.94. The van der Waals surface area contributed by atoms with E-state index in [9.17, 15) is 9.59 Å². The summed E-state index contributed by atoms with van der Waals surface area (Å²) in [6.07, 6.45) is 4.28. The van der Waals surface area contributed by atoms with Crippen LogP contribution in [0.1, 0.15) is 27.6 Å². The topological polar surface area (TPSA) is 78.6 Å². The number of esters is 2. The van der Waals surface area contributed by atoms with Gasteiger partial charge in [-0.3, -0.25) is 4.98 Å². The van der Waals surface area contributed by atoms with Crippen molar-refractivity contribution in [2.45, 2.75) is 13.5 Å². The molecule has 0 fully saturated rings. The summed E-state index contributed by atoms with van der Waals surface area (Å²) in [5.74, 6) is -0.223. The molecule has 22 heavy (non-hydrogen) atoms. The normalized spacial score (nSPS) is 10.6. The van der Waals surface area contributed by atoms with E-state index in [1.165, 1.54) is 25.3 Å². The van der Waals surface area contributed by atoms with Crippen LogP contribution in [0.2, 0.25) is 0 Å². The second-order valence-electron chi connectivity index (χ2n) is 4.37. The molecule has 0 aromatic carbocycles. The number of hydrogen-bond donors (Lipinski definition) is 0. The van der Waals surface area contributed by atoms with Gasteiger partial charge < -0.3 is 13.9 Å². The van der Waals surface area contributed by atoms with Gasteiger partial charge in [0.15, 0.2) is 0 Å². The lowest BCUT2D eigenvalue weighted by molar-refractivity contribution is -0.139. The Morgan fingerprint density at radius 1 is 1.36 bits per heavy atom. The van der Waals surface area contributed by atoms with Crippen LogP contribution in [0.5, 0.6) is 0 Å². The van der Waals surface area contributed by atoms with Gasteiger partial charge in [-0.2, -0.15) is 0 Å². The summed E-state index contributed by atoms with van der Waals surface area (Å²) in [4.78, 5) is 27.1. The van der Waals surface area contributed by atoms with Crippen molar-refractivity contribution in [3.63, 3.8) is 0 Å². The third-order valence-electron chi connectivity index (χ3n) is 2.81. The van der Waals surface area contributed by atoms with Gasteiger partial charge in [0.05, 0.1) is 12.8 Å². The summed E-state index contributed by atoms with van der Waals surface area (Å²) in [6.45, 7) is 1.73. The van der Waals surface area contributed by atoms with Crippen molar-refractivity contribution in [2.24, 2.45) is 0 Å². The molecular formula is C16H15NO5. The van der Waals surface area contributed by atoms with E-state index in [4.69, 9.17) is 9.15 Å². The molecule has 0 spiro atoms. The molecule has 0 N–H and O–H groups in total. The zero-order valence-corrected chi connectivity index (χ0v) is 12.2. The van der Waals surface area contributed by atoms with Gasteiger partial charge in [-0.05, 0) is 31.2 Å². The van der Waals surface area contributed by atoms with E-state index in [2.05, 4.69) is 9.72 Å². The van der Waals surface area contributed by atoms with Crippen LogP contribution in [0.15, 0.2) is 41.0 Å². The van der Waals surface area contributed by atoms with Crippen LogP contribution in [0.25, 0.3) is 6.08 Å². The second kappa shape index (κ2) is 7.21. The van der Waals surface area contributed by atoms with E-state index in [0.29, 0.717) is 22.8 Å². The molecule has 2 aromatic heterocycles. The first-order valence-corrected chi connectivity index (χ1v) is 6.53. The highest BCUT2D eigenvalue weighted by Gasteiger charge is 2.14. The van der Waals surface area contributed by atoms with Gasteiger partial charge in [-0.1, -0.05) is 6.07 Å². The molecule has 0 unspecified atom stereocenters. The minimum absolute atomic E-state index is 0.0919. The van der Waals surface area contributed by atoms with Crippen LogP contribution in [-0.2, 0) is 20.9 Å². The Morgan fingerprint density at radius 3 is 2.86 bits per heavy atom. The first-order valence-electron chi connectivity index (χ1n) is 6.53. The highest BCUT2D eigenvalue weighted by molar-refractivity contribution is 5.92. The lowest BCUT2D eigenvalue weighted by Gasteiger charge is -2.00. The molecule has 0 bridgehead atoms. The van der Waals surface area contributed by atoms with Crippen LogP contribution < -0.4 is 0 Å². The number of ether oxygens (including phenoxy) is 2. The predicted octanol–water partition coefficient (Wildman–Crippen LogP) is 2.53. The molecule has 6 heteroatoms. The van der Waals surface area contributed by atoms with E-state index in [-0.39, 0.29) is 6.61 Å². The number of methoxy groups -OCH3 is 1. The fourth-order valence-electron chi connectivity index (χ4n) is 1.73. The van der Waals surface area contributed by atoms with Crippen LogP contribution in [0, 0.1) is 6.92 Å². The maximum Gasteiger partial charge on any atom is 0.341 e. The maximum absolute atomic E-state index is 11.6. The number of furan rings is 1. The molecule has 2 heterocycles. The van der Waals surface area contributed by atoms with E-state index in [1.54, 1.807) is 25.3 Å². The number of carbonyl (C=O) groups excluding carboxylic acids is 2.